The predicted octanol–water partition coefficient (Wildman–Crippen LogP) is 0.827. The molecule has 2 aromatic rings. The molecule has 4 nitrogen and oxygen atoms in total. The lowest BCUT2D eigenvalue weighted by molar-refractivity contribution is 0.400. The number of hydrogen-bond donors (Lipinski definition) is 2. The maximum Gasteiger partial charge on any atom is 0.365 e. The highest BCUT2D eigenvalue weighted by Gasteiger charge is 2.01. The fraction of sp³-hybridized carbons (Fsp3) is 0. The first kappa shape index (κ1) is 6.03. The second-order valence-corrected chi connectivity index (χ2v) is 2.22. The highest BCUT2D eigenvalue weighted by molar-refractivity contribution is 5.78. The van der Waals surface area contributed by atoms with Crippen LogP contribution >= 0.6 is 0 Å². The van der Waals surface area contributed by atoms with Crippen LogP contribution in [-0.4, -0.2) is 10.3 Å². The number of hydrogen-bond acceptors (Lipinski definition) is 3. The SMILES string of the molecule is O=c1o[nH]c2ccc(O)cc12. The minimum absolute atomic E-state index is 0.0596. The molecule has 0 aliphatic heterocycles. The second-order valence-electron chi connectivity index (χ2n) is 2.22. The number of aromatic nitrogens is 1. The number of phenolic OH excluding ortho intramolecular Hbond substituents is 1. The normalized spacial score (nSPS) is 10.5. The van der Waals surface area contributed by atoms with E-state index in [1.54, 1.807) is 6.07 Å². The molecule has 2 rings (SSSR count). The van der Waals surface area contributed by atoms with Crippen molar-refractivity contribution in [1.82, 2.24) is 5.16 Å². The van der Waals surface area contributed by atoms with Gasteiger partial charge in [0.2, 0.25) is 0 Å². The Balaban J connectivity index is 2.99. The fourth-order valence-electron chi connectivity index (χ4n) is 0.946. The van der Waals surface area contributed by atoms with Crippen LogP contribution < -0.4 is 5.63 Å². The van der Waals surface area contributed by atoms with Crippen LogP contribution in [-0.2, 0) is 0 Å². The van der Waals surface area contributed by atoms with Gasteiger partial charge in [-0.2, -0.15) is 0 Å². The minimum Gasteiger partial charge on any atom is -0.508 e. The average molecular weight is 151 g/mol. The van der Waals surface area contributed by atoms with Crippen LogP contribution in [0.2, 0.25) is 0 Å². The summed E-state index contributed by atoms with van der Waals surface area (Å²) < 4.78 is 4.48. The number of H-pyrrole nitrogens is 1. The molecule has 0 spiro atoms. The topological polar surface area (TPSA) is 66.2 Å². The third kappa shape index (κ3) is 0.797. The Hall–Kier alpha value is -1.71. The van der Waals surface area contributed by atoms with Gasteiger partial charge in [0.05, 0.1) is 10.9 Å². The smallest absolute Gasteiger partial charge is 0.365 e. The molecule has 1 aromatic carbocycles. The molecular weight excluding hydrogens is 146 g/mol. The van der Waals surface area contributed by atoms with E-state index in [2.05, 4.69) is 9.68 Å². The molecule has 1 aromatic heterocycles. The van der Waals surface area contributed by atoms with Crippen molar-refractivity contribution in [3.63, 3.8) is 0 Å². The van der Waals surface area contributed by atoms with Gasteiger partial charge in [-0.1, -0.05) is 0 Å². The molecule has 4 heteroatoms. The van der Waals surface area contributed by atoms with Crippen molar-refractivity contribution >= 4 is 10.9 Å². The van der Waals surface area contributed by atoms with Crippen molar-refractivity contribution in [2.45, 2.75) is 0 Å². The third-order valence-electron chi connectivity index (χ3n) is 1.48. The third-order valence-corrected chi connectivity index (χ3v) is 1.48. The van der Waals surface area contributed by atoms with E-state index < -0.39 is 5.63 Å². The van der Waals surface area contributed by atoms with Gasteiger partial charge in [0.1, 0.15) is 5.75 Å². The number of fused-ring (bicyclic) bond motifs is 1. The van der Waals surface area contributed by atoms with Gasteiger partial charge in [0.25, 0.3) is 0 Å². The Morgan fingerprint density at radius 2 is 2.27 bits per heavy atom. The van der Waals surface area contributed by atoms with Crippen molar-refractivity contribution in [3.05, 3.63) is 28.6 Å². The van der Waals surface area contributed by atoms with E-state index >= 15 is 0 Å². The van der Waals surface area contributed by atoms with Gasteiger partial charge in [-0.3, -0.25) is 0 Å². The number of rotatable bonds is 0. The predicted molar refractivity (Wildman–Crippen MR) is 38.5 cm³/mol. The molecular formula is C7H5NO3. The molecule has 0 radical (unpaired) electrons. The van der Waals surface area contributed by atoms with E-state index in [4.69, 9.17) is 5.11 Å². The summed E-state index contributed by atoms with van der Waals surface area (Å²) in [5.74, 6) is 0.0596. The standard InChI is InChI=1S/C7H5NO3/c9-4-1-2-6-5(3-4)7(10)11-8-6/h1-3,8-9H. The Morgan fingerprint density at radius 3 is 3.09 bits per heavy atom. The summed E-state index contributed by atoms with van der Waals surface area (Å²) in [6.07, 6.45) is 0. The molecule has 56 valence electrons. The summed E-state index contributed by atoms with van der Waals surface area (Å²) in [5.41, 5.74) is 0.128. The largest absolute Gasteiger partial charge is 0.508 e. The maximum atomic E-state index is 10.8. The van der Waals surface area contributed by atoms with Crippen molar-refractivity contribution in [2.75, 3.05) is 0 Å². The number of nitrogens with one attached hydrogen (secondary N) is 1. The number of benzene rings is 1. The van der Waals surface area contributed by atoms with Crippen molar-refractivity contribution in [3.8, 4) is 5.75 Å². The molecule has 0 fully saturated rings. The monoisotopic (exact) mass is 151 g/mol. The maximum absolute atomic E-state index is 10.8. The lowest BCUT2D eigenvalue weighted by atomic mass is 10.2. The highest BCUT2D eigenvalue weighted by atomic mass is 16.5. The molecule has 0 bridgehead atoms. The Bertz CT molecular complexity index is 440. The van der Waals surface area contributed by atoms with Crippen LogP contribution in [0.3, 0.4) is 0 Å². The molecule has 11 heavy (non-hydrogen) atoms. The zero-order chi connectivity index (χ0) is 7.84. The highest BCUT2D eigenvalue weighted by Crippen LogP contribution is 2.14. The van der Waals surface area contributed by atoms with Gasteiger partial charge in [-0.25, -0.2) is 9.95 Å². The van der Waals surface area contributed by atoms with Gasteiger partial charge in [0.15, 0.2) is 0 Å². The first-order valence-corrected chi connectivity index (χ1v) is 3.07. The van der Waals surface area contributed by atoms with E-state index in [0.717, 1.165) is 0 Å². The molecule has 0 aliphatic rings. The number of phenols is 1. The molecule has 1 heterocycles. The Morgan fingerprint density at radius 1 is 1.45 bits per heavy atom. The molecule has 2 N–H and O–H groups in total. The number of aromatic amines is 1. The first-order chi connectivity index (χ1) is 5.27. The van der Waals surface area contributed by atoms with Gasteiger partial charge >= 0.3 is 5.63 Å². The fourth-order valence-corrected chi connectivity index (χ4v) is 0.946. The van der Waals surface area contributed by atoms with Gasteiger partial charge in [-0.15, -0.1) is 0 Å². The van der Waals surface area contributed by atoms with Crippen molar-refractivity contribution in [1.29, 1.82) is 0 Å². The van der Waals surface area contributed by atoms with E-state index in [1.807, 2.05) is 0 Å². The van der Waals surface area contributed by atoms with E-state index in [0.29, 0.717) is 10.9 Å². The molecule has 0 unspecified atom stereocenters. The van der Waals surface area contributed by atoms with Crippen LogP contribution in [0.25, 0.3) is 10.9 Å². The first-order valence-electron chi connectivity index (χ1n) is 3.07. The molecule has 0 saturated heterocycles. The summed E-state index contributed by atoms with van der Waals surface area (Å²) in [4.78, 5) is 10.8. The van der Waals surface area contributed by atoms with Gasteiger partial charge < -0.3 is 9.63 Å². The zero-order valence-electron chi connectivity index (χ0n) is 5.50. The quantitative estimate of drug-likeness (QED) is 0.585. The van der Waals surface area contributed by atoms with Crippen LogP contribution in [0.4, 0.5) is 0 Å². The lowest BCUT2D eigenvalue weighted by Crippen LogP contribution is -1.89. The summed E-state index contributed by atoms with van der Waals surface area (Å²) in [5, 5.41) is 11.8. The van der Waals surface area contributed by atoms with Crippen LogP contribution in [0.5, 0.6) is 5.75 Å². The summed E-state index contributed by atoms with van der Waals surface area (Å²) in [6.45, 7) is 0. The summed E-state index contributed by atoms with van der Waals surface area (Å²) >= 11 is 0. The van der Waals surface area contributed by atoms with E-state index in [1.165, 1.54) is 12.1 Å². The molecule has 0 saturated carbocycles. The average Bonchev–Trinajstić information content (AvgIpc) is 2.33. The van der Waals surface area contributed by atoms with E-state index in [-0.39, 0.29) is 5.75 Å². The Kier molecular flexibility index (Phi) is 1.03. The Labute approximate surface area is 61.0 Å². The van der Waals surface area contributed by atoms with E-state index in [9.17, 15) is 4.79 Å². The van der Waals surface area contributed by atoms with Gasteiger partial charge in [0, 0.05) is 0 Å². The summed E-state index contributed by atoms with van der Waals surface area (Å²) in [6, 6.07) is 4.42. The summed E-state index contributed by atoms with van der Waals surface area (Å²) in [7, 11) is 0. The second kappa shape index (κ2) is 1.88. The number of aromatic hydroxyl groups is 1. The zero-order valence-corrected chi connectivity index (χ0v) is 5.50. The molecule has 0 aliphatic carbocycles. The molecule has 0 atom stereocenters. The van der Waals surface area contributed by atoms with Crippen molar-refractivity contribution < 1.29 is 9.63 Å². The van der Waals surface area contributed by atoms with Crippen LogP contribution in [0.15, 0.2) is 27.5 Å². The lowest BCUT2D eigenvalue weighted by Gasteiger charge is -1.86. The minimum atomic E-state index is -0.462. The van der Waals surface area contributed by atoms with Crippen molar-refractivity contribution in [2.24, 2.45) is 0 Å². The van der Waals surface area contributed by atoms with Crippen LogP contribution in [0, 0.1) is 0 Å². The van der Waals surface area contributed by atoms with Gasteiger partial charge in [-0.05, 0) is 18.2 Å². The van der Waals surface area contributed by atoms with Crippen LogP contribution in [0.1, 0.15) is 0 Å². The molecule has 0 amide bonds.